The first kappa shape index (κ1) is 17.9. The molecule has 1 atom stereocenters. The van der Waals surface area contributed by atoms with Crippen molar-refractivity contribution in [1.82, 2.24) is 10.2 Å². The van der Waals surface area contributed by atoms with Crippen LogP contribution in [0.3, 0.4) is 0 Å². The van der Waals surface area contributed by atoms with Crippen molar-refractivity contribution in [2.75, 3.05) is 23.8 Å². The molecular weight excluding hydrogens is 308 g/mol. The zero-order valence-corrected chi connectivity index (χ0v) is 14.1. The number of hydrogen-bond donors (Lipinski definition) is 3. The predicted octanol–water partition coefficient (Wildman–Crippen LogP) is 1.53. The van der Waals surface area contributed by atoms with Crippen molar-refractivity contribution in [3.8, 4) is 0 Å². The smallest absolute Gasteiger partial charge is 0.244 e. The van der Waals surface area contributed by atoms with Gasteiger partial charge in [0.25, 0.3) is 0 Å². The molecule has 1 aromatic carbocycles. The number of rotatable bonds is 6. The Labute approximate surface area is 141 Å². The second-order valence-corrected chi connectivity index (χ2v) is 5.95. The van der Waals surface area contributed by atoms with E-state index in [0.29, 0.717) is 24.5 Å². The van der Waals surface area contributed by atoms with Crippen molar-refractivity contribution in [3.05, 3.63) is 24.3 Å². The van der Waals surface area contributed by atoms with E-state index in [2.05, 4.69) is 22.9 Å². The molecular formula is C17H24N4O3. The Morgan fingerprint density at radius 3 is 2.38 bits per heavy atom. The standard InChI is InChI=1S/C17H24N4O3/c1-3-4-15-9-17(24)21(11-18-15)10-16(23)20-14-7-5-13(6-8-14)19-12(2)22/h5-8,15,18H,3-4,9-11H2,1-2H3,(H,19,22)(H,20,23). The summed E-state index contributed by atoms with van der Waals surface area (Å²) in [5.41, 5.74) is 1.29. The first-order chi connectivity index (χ1) is 11.5. The van der Waals surface area contributed by atoms with Crippen LogP contribution in [-0.2, 0) is 14.4 Å². The summed E-state index contributed by atoms with van der Waals surface area (Å²) in [7, 11) is 0. The van der Waals surface area contributed by atoms with Crippen molar-refractivity contribution in [3.63, 3.8) is 0 Å². The van der Waals surface area contributed by atoms with E-state index in [9.17, 15) is 14.4 Å². The highest BCUT2D eigenvalue weighted by molar-refractivity contribution is 5.95. The maximum absolute atomic E-state index is 12.1. The summed E-state index contributed by atoms with van der Waals surface area (Å²) in [5, 5.41) is 8.69. The number of carbonyl (C=O) groups is 3. The third-order valence-corrected chi connectivity index (χ3v) is 3.81. The quantitative estimate of drug-likeness (QED) is 0.737. The zero-order chi connectivity index (χ0) is 17.5. The van der Waals surface area contributed by atoms with Gasteiger partial charge in [0.1, 0.15) is 6.54 Å². The van der Waals surface area contributed by atoms with E-state index >= 15 is 0 Å². The minimum Gasteiger partial charge on any atom is -0.326 e. The van der Waals surface area contributed by atoms with E-state index in [-0.39, 0.29) is 30.3 Å². The molecule has 1 aromatic rings. The van der Waals surface area contributed by atoms with E-state index in [1.54, 1.807) is 24.3 Å². The lowest BCUT2D eigenvalue weighted by Crippen LogP contribution is -2.52. The van der Waals surface area contributed by atoms with Gasteiger partial charge >= 0.3 is 0 Å². The van der Waals surface area contributed by atoms with Crippen molar-refractivity contribution in [1.29, 1.82) is 0 Å². The maximum Gasteiger partial charge on any atom is 0.244 e. The van der Waals surface area contributed by atoms with Crippen molar-refractivity contribution in [2.45, 2.75) is 39.2 Å². The number of nitrogens with one attached hydrogen (secondary N) is 3. The molecule has 2 rings (SSSR count). The Morgan fingerprint density at radius 2 is 1.83 bits per heavy atom. The molecule has 3 amide bonds. The molecule has 1 saturated heterocycles. The molecule has 0 saturated carbocycles. The van der Waals surface area contributed by atoms with Gasteiger partial charge in [-0.3, -0.25) is 19.7 Å². The SMILES string of the molecule is CCCC1CC(=O)N(CC(=O)Nc2ccc(NC(C)=O)cc2)CN1. The summed E-state index contributed by atoms with van der Waals surface area (Å²) < 4.78 is 0. The lowest BCUT2D eigenvalue weighted by molar-refractivity contribution is -0.138. The molecule has 0 radical (unpaired) electrons. The number of carbonyl (C=O) groups excluding carboxylic acids is 3. The van der Waals surface area contributed by atoms with Crippen LogP contribution in [0.2, 0.25) is 0 Å². The molecule has 1 aliphatic rings. The van der Waals surface area contributed by atoms with Gasteiger partial charge in [0.2, 0.25) is 17.7 Å². The van der Waals surface area contributed by atoms with Gasteiger partial charge in [-0.05, 0) is 30.7 Å². The van der Waals surface area contributed by atoms with Crippen LogP contribution >= 0.6 is 0 Å². The van der Waals surface area contributed by atoms with Crippen molar-refractivity contribution < 1.29 is 14.4 Å². The van der Waals surface area contributed by atoms with Crippen molar-refractivity contribution in [2.24, 2.45) is 0 Å². The Balaban J connectivity index is 1.83. The fourth-order valence-electron chi connectivity index (χ4n) is 2.65. The third kappa shape index (κ3) is 5.34. The molecule has 24 heavy (non-hydrogen) atoms. The summed E-state index contributed by atoms with van der Waals surface area (Å²) in [4.78, 5) is 36.7. The number of hydrogen-bond acceptors (Lipinski definition) is 4. The van der Waals surface area contributed by atoms with E-state index in [4.69, 9.17) is 0 Å². The summed E-state index contributed by atoms with van der Waals surface area (Å²) in [5.74, 6) is -0.390. The fraction of sp³-hybridized carbons (Fsp3) is 0.471. The summed E-state index contributed by atoms with van der Waals surface area (Å²) in [6, 6.07) is 7.04. The zero-order valence-electron chi connectivity index (χ0n) is 14.1. The average molecular weight is 332 g/mol. The topological polar surface area (TPSA) is 90.5 Å². The Kier molecular flexibility index (Phi) is 6.31. The largest absolute Gasteiger partial charge is 0.326 e. The molecule has 0 aliphatic carbocycles. The van der Waals surface area contributed by atoms with Crippen LogP contribution in [0, 0.1) is 0 Å². The highest BCUT2D eigenvalue weighted by Crippen LogP contribution is 2.14. The Morgan fingerprint density at radius 1 is 1.21 bits per heavy atom. The first-order valence-corrected chi connectivity index (χ1v) is 8.16. The summed E-state index contributed by atoms with van der Waals surface area (Å²) in [6.45, 7) is 3.95. The minimum atomic E-state index is -0.244. The first-order valence-electron chi connectivity index (χ1n) is 8.16. The van der Waals surface area contributed by atoms with Gasteiger partial charge in [0.05, 0.1) is 6.67 Å². The van der Waals surface area contributed by atoms with E-state index in [1.165, 1.54) is 11.8 Å². The van der Waals surface area contributed by atoms with Crippen LogP contribution in [0.1, 0.15) is 33.1 Å². The Hall–Kier alpha value is -2.41. The van der Waals surface area contributed by atoms with Gasteiger partial charge in [-0.1, -0.05) is 13.3 Å². The lowest BCUT2D eigenvalue weighted by atomic mass is 10.1. The van der Waals surface area contributed by atoms with Gasteiger partial charge in [0, 0.05) is 30.8 Å². The molecule has 1 aliphatic heterocycles. The molecule has 130 valence electrons. The number of benzene rings is 1. The van der Waals surface area contributed by atoms with Crippen molar-refractivity contribution >= 4 is 29.1 Å². The lowest BCUT2D eigenvalue weighted by Gasteiger charge is -2.32. The normalized spacial score (nSPS) is 17.5. The number of nitrogens with zero attached hydrogens (tertiary/aromatic N) is 1. The third-order valence-electron chi connectivity index (χ3n) is 3.81. The molecule has 3 N–H and O–H groups in total. The van der Waals surface area contributed by atoms with Crippen LogP contribution in [0.15, 0.2) is 24.3 Å². The second-order valence-electron chi connectivity index (χ2n) is 5.95. The van der Waals surface area contributed by atoms with Gasteiger partial charge < -0.3 is 15.5 Å². The highest BCUT2D eigenvalue weighted by Gasteiger charge is 2.25. The molecule has 1 heterocycles. The van der Waals surface area contributed by atoms with E-state index in [0.717, 1.165) is 12.8 Å². The van der Waals surface area contributed by atoms with Crippen LogP contribution in [0.5, 0.6) is 0 Å². The minimum absolute atomic E-state index is 0.00311. The molecule has 1 unspecified atom stereocenters. The monoisotopic (exact) mass is 332 g/mol. The van der Waals surface area contributed by atoms with Gasteiger partial charge in [-0.15, -0.1) is 0 Å². The summed E-state index contributed by atoms with van der Waals surface area (Å²) >= 11 is 0. The molecule has 0 bridgehead atoms. The number of anilines is 2. The number of amides is 3. The molecule has 7 heteroatoms. The summed E-state index contributed by atoms with van der Waals surface area (Å²) in [6.07, 6.45) is 2.43. The molecule has 7 nitrogen and oxygen atoms in total. The van der Waals surface area contributed by atoms with E-state index < -0.39 is 0 Å². The highest BCUT2D eigenvalue weighted by atomic mass is 16.2. The van der Waals surface area contributed by atoms with E-state index in [1.807, 2.05) is 0 Å². The van der Waals surface area contributed by atoms with Crippen LogP contribution in [0.25, 0.3) is 0 Å². The van der Waals surface area contributed by atoms with Crippen LogP contribution < -0.4 is 16.0 Å². The predicted molar refractivity (Wildman–Crippen MR) is 92.4 cm³/mol. The molecule has 0 spiro atoms. The fourth-order valence-corrected chi connectivity index (χ4v) is 2.65. The average Bonchev–Trinajstić information content (AvgIpc) is 2.52. The Bertz CT molecular complexity index is 600. The maximum atomic E-state index is 12.1. The second kappa shape index (κ2) is 8.44. The van der Waals surface area contributed by atoms with Crippen LogP contribution in [-0.4, -0.2) is 41.9 Å². The van der Waals surface area contributed by atoms with Gasteiger partial charge in [-0.2, -0.15) is 0 Å². The van der Waals surface area contributed by atoms with Gasteiger partial charge in [-0.25, -0.2) is 0 Å². The molecule has 1 fully saturated rings. The van der Waals surface area contributed by atoms with Crippen LogP contribution in [0.4, 0.5) is 11.4 Å². The van der Waals surface area contributed by atoms with Gasteiger partial charge in [0.15, 0.2) is 0 Å². The molecule has 0 aromatic heterocycles.